The standard InChI is InChI=1S/C10H17N5O3/c1-7(2)3-12-8(16)5-18-9(17)4-15-6-13-10(11)14-15/h6-7H,3-5H2,1-2H3,(H2,11,14)(H,12,16). The molecule has 0 fully saturated rings. The van der Waals surface area contributed by atoms with E-state index in [1.165, 1.54) is 11.0 Å². The SMILES string of the molecule is CC(C)CNC(=O)COC(=O)Cn1cnc(N)n1. The number of anilines is 1. The van der Waals surface area contributed by atoms with E-state index in [-0.39, 0.29) is 25.0 Å². The molecule has 0 saturated heterocycles. The van der Waals surface area contributed by atoms with Crippen molar-refractivity contribution in [2.24, 2.45) is 5.92 Å². The molecular formula is C10H17N5O3. The van der Waals surface area contributed by atoms with Gasteiger partial charge in [0.25, 0.3) is 5.91 Å². The van der Waals surface area contributed by atoms with Crippen LogP contribution in [0.5, 0.6) is 0 Å². The van der Waals surface area contributed by atoms with Gasteiger partial charge in [-0.3, -0.25) is 9.59 Å². The number of amides is 1. The van der Waals surface area contributed by atoms with E-state index in [1.807, 2.05) is 13.8 Å². The van der Waals surface area contributed by atoms with Crippen molar-refractivity contribution in [1.82, 2.24) is 20.1 Å². The molecule has 0 spiro atoms. The monoisotopic (exact) mass is 255 g/mol. The molecule has 18 heavy (non-hydrogen) atoms. The minimum absolute atomic E-state index is 0.0810. The Morgan fingerprint density at radius 3 is 2.83 bits per heavy atom. The molecule has 0 bridgehead atoms. The zero-order valence-electron chi connectivity index (χ0n) is 10.4. The molecule has 8 nitrogen and oxygen atoms in total. The number of carbonyl (C=O) groups excluding carboxylic acids is 2. The molecular weight excluding hydrogens is 238 g/mol. The van der Waals surface area contributed by atoms with Gasteiger partial charge in [-0.1, -0.05) is 13.8 Å². The van der Waals surface area contributed by atoms with Crippen LogP contribution in [0, 0.1) is 5.92 Å². The third kappa shape index (κ3) is 5.28. The molecule has 0 radical (unpaired) electrons. The third-order valence-corrected chi connectivity index (χ3v) is 1.92. The van der Waals surface area contributed by atoms with Crippen molar-refractivity contribution in [3.63, 3.8) is 0 Å². The lowest BCUT2D eigenvalue weighted by molar-refractivity contribution is -0.149. The van der Waals surface area contributed by atoms with E-state index in [9.17, 15) is 9.59 Å². The maximum absolute atomic E-state index is 11.3. The largest absolute Gasteiger partial charge is 0.454 e. The van der Waals surface area contributed by atoms with Gasteiger partial charge in [0, 0.05) is 6.54 Å². The Morgan fingerprint density at radius 1 is 1.56 bits per heavy atom. The van der Waals surface area contributed by atoms with Gasteiger partial charge in [0.1, 0.15) is 12.9 Å². The highest BCUT2D eigenvalue weighted by atomic mass is 16.5. The van der Waals surface area contributed by atoms with E-state index in [2.05, 4.69) is 15.4 Å². The Bertz CT molecular complexity index is 415. The summed E-state index contributed by atoms with van der Waals surface area (Å²) in [5, 5.41) is 6.35. The van der Waals surface area contributed by atoms with Crippen LogP contribution in [-0.2, 0) is 20.9 Å². The minimum atomic E-state index is -0.570. The molecule has 1 aromatic rings. The number of nitrogens with zero attached hydrogens (tertiary/aromatic N) is 3. The van der Waals surface area contributed by atoms with Crippen LogP contribution in [-0.4, -0.2) is 39.8 Å². The molecule has 100 valence electrons. The molecule has 0 aliphatic carbocycles. The van der Waals surface area contributed by atoms with Gasteiger partial charge in [0.2, 0.25) is 5.95 Å². The number of aromatic nitrogens is 3. The molecule has 0 aromatic carbocycles. The molecule has 3 N–H and O–H groups in total. The molecule has 1 aromatic heterocycles. The lowest BCUT2D eigenvalue weighted by Gasteiger charge is -2.08. The summed E-state index contributed by atoms with van der Waals surface area (Å²) in [6, 6.07) is 0. The summed E-state index contributed by atoms with van der Waals surface area (Å²) in [5.74, 6) is -0.463. The zero-order valence-corrected chi connectivity index (χ0v) is 10.4. The first-order valence-electron chi connectivity index (χ1n) is 5.54. The second-order valence-corrected chi connectivity index (χ2v) is 4.16. The summed E-state index contributed by atoms with van der Waals surface area (Å²) in [5.41, 5.74) is 5.29. The fourth-order valence-electron chi connectivity index (χ4n) is 1.08. The normalized spacial score (nSPS) is 10.4. The van der Waals surface area contributed by atoms with Crippen molar-refractivity contribution in [3.8, 4) is 0 Å². The van der Waals surface area contributed by atoms with Gasteiger partial charge in [0.05, 0.1) is 0 Å². The molecule has 0 atom stereocenters. The van der Waals surface area contributed by atoms with Crippen molar-refractivity contribution >= 4 is 17.8 Å². The Labute approximate surface area is 105 Å². The number of esters is 1. The number of ether oxygens (including phenoxy) is 1. The van der Waals surface area contributed by atoms with Gasteiger partial charge in [-0.05, 0) is 5.92 Å². The summed E-state index contributed by atoms with van der Waals surface area (Å²) in [6.07, 6.45) is 1.31. The lowest BCUT2D eigenvalue weighted by atomic mass is 10.2. The van der Waals surface area contributed by atoms with Gasteiger partial charge < -0.3 is 15.8 Å². The second-order valence-electron chi connectivity index (χ2n) is 4.16. The Morgan fingerprint density at radius 2 is 2.28 bits per heavy atom. The maximum Gasteiger partial charge on any atom is 0.328 e. The van der Waals surface area contributed by atoms with Gasteiger partial charge >= 0.3 is 5.97 Å². The fraction of sp³-hybridized carbons (Fsp3) is 0.600. The lowest BCUT2D eigenvalue weighted by Crippen LogP contribution is -2.32. The summed E-state index contributed by atoms with van der Waals surface area (Å²) < 4.78 is 6.01. The number of carbonyl (C=O) groups is 2. The minimum Gasteiger partial charge on any atom is -0.454 e. The van der Waals surface area contributed by atoms with Crippen molar-refractivity contribution in [1.29, 1.82) is 0 Å². The van der Waals surface area contributed by atoms with Crippen LogP contribution in [0.2, 0.25) is 0 Å². The topological polar surface area (TPSA) is 112 Å². The van der Waals surface area contributed by atoms with Crippen LogP contribution in [0.25, 0.3) is 0 Å². The van der Waals surface area contributed by atoms with Crippen LogP contribution < -0.4 is 11.1 Å². The molecule has 0 aliphatic heterocycles. The fourth-order valence-corrected chi connectivity index (χ4v) is 1.08. The number of hydrogen-bond donors (Lipinski definition) is 2. The average molecular weight is 255 g/mol. The quantitative estimate of drug-likeness (QED) is 0.642. The van der Waals surface area contributed by atoms with Gasteiger partial charge in [-0.2, -0.15) is 0 Å². The predicted octanol–water partition coefficient (Wildman–Crippen LogP) is -0.824. The van der Waals surface area contributed by atoms with Gasteiger partial charge in [-0.25, -0.2) is 9.67 Å². The van der Waals surface area contributed by atoms with Crippen molar-refractivity contribution in [3.05, 3.63) is 6.33 Å². The molecule has 0 unspecified atom stereocenters. The predicted molar refractivity (Wildman–Crippen MR) is 63.2 cm³/mol. The number of nitrogen functional groups attached to an aromatic ring is 1. The van der Waals surface area contributed by atoms with E-state index < -0.39 is 5.97 Å². The van der Waals surface area contributed by atoms with Crippen LogP contribution in [0.4, 0.5) is 5.95 Å². The first kappa shape index (κ1) is 13.9. The number of nitrogens with two attached hydrogens (primary N) is 1. The molecule has 1 amide bonds. The molecule has 1 rings (SSSR count). The second kappa shape index (κ2) is 6.58. The third-order valence-electron chi connectivity index (χ3n) is 1.92. The Kier molecular flexibility index (Phi) is 5.09. The molecule has 1 heterocycles. The van der Waals surface area contributed by atoms with Crippen molar-refractivity contribution in [2.75, 3.05) is 18.9 Å². The maximum atomic E-state index is 11.3. The van der Waals surface area contributed by atoms with Crippen LogP contribution in [0.3, 0.4) is 0 Å². The van der Waals surface area contributed by atoms with E-state index in [0.717, 1.165) is 0 Å². The Balaban J connectivity index is 2.22. The summed E-state index contributed by atoms with van der Waals surface area (Å²) in [4.78, 5) is 26.3. The van der Waals surface area contributed by atoms with Crippen molar-refractivity contribution < 1.29 is 14.3 Å². The molecule has 0 saturated carbocycles. The Hall–Kier alpha value is -2.12. The summed E-state index contributed by atoms with van der Waals surface area (Å²) >= 11 is 0. The van der Waals surface area contributed by atoms with Crippen LogP contribution in [0.1, 0.15) is 13.8 Å². The summed E-state index contributed by atoms with van der Waals surface area (Å²) in [6.45, 7) is 4.08. The summed E-state index contributed by atoms with van der Waals surface area (Å²) in [7, 11) is 0. The first-order valence-corrected chi connectivity index (χ1v) is 5.54. The van der Waals surface area contributed by atoms with Crippen molar-refractivity contribution in [2.45, 2.75) is 20.4 Å². The van der Waals surface area contributed by atoms with E-state index >= 15 is 0 Å². The van der Waals surface area contributed by atoms with Crippen LogP contribution >= 0.6 is 0 Å². The smallest absolute Gasteiger partial charge is 0.328 e. The van der Waals surface area contributed by atoms with E-state index in [4.69, 9.17) is 10.5 Å². The average Bonchev–Trinajstić information content (AvgIpc) is 2.69. The van der Waals surface area contributed by atoms with Gasteiger partial charge in [0.15, 0.2) is 6.61 Å². The molecule has 0 aliphatic rings. The highest BCUT2D eigenvalue weighted by molar-refractivity contribution is 5.80. The number of rotatable bonds is 6. The molecule has 8 heteroatoms. The zero-order chi connectivity index (χ0) is 13.5. The number of hydrogen-bond acceptors (Lipinski definition) is 6. The van der Waals surface area contributed by atoms with E-state index in [0.29, 0.717) is 12.5 Å². The van der Waals surface area contributed by atoms with Gasteiger partial charge in [-0.15, -0.1) is 5.10 Å². The van der Waals surface area contributed by atoms with E-state index in [1.54, 1.807) is 0 Å². The van der Waals surface area contributed by atoms with Crippen LogP contribution in [0.15, 0.2) is 6.33 Å². The highest BCUT2D eigenvalue weighted by Crippen LogP contribution is 1.91. The number of nitrogens with one attached hydrogen (secondary N) is 1. The first-order chi connectivity index (χ1) is 8.47. The highest BCUT2D eigenvalue weighted by Gasteiger charge is 2.09.